The molecule has 1 unspecified atom stereocenters. The van der Waals surface area contributed by atoms with Gasteiger partial charge in [0.05, 0.1) is 4.90 Å². The number of hydrogen-bond donors (Lipinski definition) is 2. The van der Waals surface area contributed by atoms with Crippen LogP contribution < -0.4 is 10.6 Å². The highest BCUT2D eigenvalue weighted by Crippen LogP contribution is 2.18. The van der Waals surface area contributed by atoms with Crippen molar-refractivity contribution in [1.82, 2.24) is 9.62 Å². The van der Waals surface area contributed by atoms with Crippen molar-refractivity contribution in [2.75, 3.05) is 39.0 Å². The van der Waals surface area contributed by atoms with E-state index in [0.717, 1.165) is 37.7 Å². The highest BCUT2D eigenvalue weighted by Gasteiger charge is 2.16. The van der Waals surface area contributed by atoms with E-state index in [-0.39, 0.29) is 0 Å². The molecule has 0 aliphatic carbocycles. The molecule has 0 aromatic heterocycles. The van der Waals surface area contributed by atoms with Crippen LogP contribution in [0.25, 0.3) is 0 Å². The van der Waals surface area contributed by atoms with E-state index in [4.69, 9.17) is 0 Å². The monoisotopic (exact) mass is 311 g/mol. The largest absolute Gasteiger partial charge is 0.385 e. The van der Waals surface area contributed by atoms with Crippen molar-refractivity contribution in [3.05, 3.63) is 24.3 Å². The van der Waals surface area contributed by atoms with Crippen molar-refractivity contribution in [2.24, 2.45) is 5.92 Å². The lowest BCUT2D eigenvalue weighted by Crippen LogP contribution is -2.30. The number of nitrogens with zero attached hydrogens (tertiary/aromatic N) is 1. The molecule has 0 bridgehead atoms. The maximum atomic E-state index is 12.0. The number of nitrogens with one attached hydrogen (secondary N) is 2. The van der Waals surface area contributed by atoms with Crippen LogP contribution in [-0.4, -0.2) is 46.5 Å². The first-order valence-corrected chi connectivity index (χ1v) is 8.91. The van der Waals surface area contributed by atoms with Gasteiger partial charge in [-0.25, -0.2) is 12.7 Å². The van der Waals surface area contributed by atoms with E-state index in [1.165, 1.54) is 17.1 Å². The SMILES string of the molecule is CN(C)S(=O)(=O)c1ccc(NCCC2CCCNC2)cc1. The third-order valence-corrected chi connectivity index (χ3v) is 5.74. The summed E-state index contributed by atoms with van der Waals surface area (Å²) >= 11 is 0. The minimum atomic E-state index is -3.33. The van der Waals surface area contributed by atoms with Crippen LogP contribution in [-0.2, 0) is 10.0 Å². The number of rotatable bonds is 6. The van der Waals surface area contributed by atoms with Crippen LogP contribution in [0.3, 0.4) is 0 Å². The van der Waals surface area contributed by atoms with Crippen molar-refractivity contribution < 1.29 is 8.42 Å². The van der Waals surface area contributed by atoms with Gasteiger partial charge in [-0.3, -0.25) is 0 Å². The van der Waals surface area contributed by atoms with Crippen LogP contribution in [0.15, 0.2) is 29.2 Å². The van der Waals surface area contributed by atoms with Gasteiger partial charge in [0.2, 0.25) is 10.0 Å². The quantitative estimate of drug-likeness (QED) is 0.840. The minimum Gasteiger partial charge on any atom is -0.385 e. The molecule has 1 aromatic carbocycles. The molecule has 2 N–H and O–H groups in total. The molecule has 1 fully saturated rings. The molecular formula is C15H25N3O2S. The molecule has 0 amide bonds. The lowest BCUT2D eigenvalue weighted by Gasteiger charge is -2.22. The van der Waals surface area contributed by atoms with E-state index in [1.807, 2.05) is 12.1 Å². The highest BCUT2D eigenvalue weighted by atomic mass is 32.2. The third-order valence-electron chi connectivity index (χ3n) is 3.91. The molecule has 1 heterocycles. The van der Waals surface area contributed by atoms with Crippen LogP contribution in [0.1, 0.15) is 19.3 Å². The van der Waals surface area contributed by atoms with Gasteiger partial charge in [-0.05, 0) is 62.5 Å². The molecule has 1 aliphatic rings. The van der Waals surface area contributed by atoms with E-state index >= 15 is 0 Å². The first-order chi connectivity index (χ1) is 10.00. The minimum absolute atomic E-state index is 0.328. The molecule has 1 atom stereocenters. The predicted octanol–water partition coefficient (Wildman–Crippen LogP) is 1.74. The average Bonchev–Trinajstić information content (AvgIpc) is 2.49. The number of sulfonamides is 1. The fourth-order valence-electron chi connectivity index (χ4n) is 2.55. The fourth-order valence-corrected chi connectivity index (χ4v) is 3.45. The van der Waals surface area contributed by atoms with Gasteiger partial charge in [0, 0.05) is 26.3 Å². The summed E-state index contributed by atoms with van der Waals surface area (Å²) in [5, 5.41) is 6.78. The summed E-state index contributed by atoms with van der Waals surface area (Å²) in [4.78, 5) is 0.328. The van der Waals surface area contributed by atoms with Crippen molar-refractivity contribution in [2.45, 2.75) is 24.2 Å². The zero-order valence-corrected chi connectivity index (χ0v) is 13.6. The first kappa shape index (κ1) is 16.3. The molecule has 21 heavy (non-hydrogen) atoms. The summed E-state index contributed by atoms with van der Waals surface area (Å²) in [6.45, 7) is 3.18. The van der Waals surface area contributed by atoms with E-state index in [0.29, 0.717) is 4.90 Å². The van der Waals surface area contributed by atoms with Crippen molar-refractivity contribution >= 4 is 15.7 Å². The zero-order valence-electron chi connectivity index (χ0n) is 12.8. The van der Waals surface area contributed by atoms with Crippen LogP contribution >= 0.6 is 0 Å². The smallest absolute Gasteiger partial charge is 0.242 e. The lowest BCUT2D eigenvalue weighted by molar-refractivity contribution is 0.364. The summed E-state index contributed by atoms with van der Waals surface area (Å²) in [7, 11) is -0.251. The van der Waals surface area contributed by atoms with Crippen LogP contribution in [0.2, 0.25) is 0 Å². The average molecular weight is 311 g/mol. The number of anilines is 1. The predicted molar refractivity (Wildman–Crippen MR) is 86.0 cm³/mol. The van der Waals surface area contributed by atoms with E-state index in [9.17, 15) is 8.42 Å². The van der Waals surface area contributed by atoms with E-state index in [2.05, 4.69) is 10.6 Å². The van der Waals surface area contributed by atoms with Gasteiger partial charge in [-0.2, -0.15) is 0 Å². The molecule has 6 heteroatoms. The van der Waals surface area contributed by atoms with Crippen molar-refractivity contribution in [1.29, 1.82) is 0 Å². The van der Waals surface area contributed by atoms with Gasteiger partial charge in [0.25, 0.3) is 0 Å². The van der Waals surface area contributed by atoms with Gasteiger partial charge in [-0.1, -0.05) is 0 Å². The molecular weight excluding hydrogens is 286 g/mol. The molecule has 0 spiro atoms. The van der Waals surface area contributed by atoms with Crippen LogP contribution in [0.5, 0.6) is 0 Å². The van der Waals surface area contributed by atoms with E-state index in [1.54, 1.807) is 26.2 Å². The maximum Gasteiger partial charge on any atom is 0.242 e. The summed E-state index contributed by atoms with van der Waals surface area (Å²) in [5.74, 6) is 0.750. The Morgan fingerprint density at radius 3 is 2.57 bits per heavy atom. The normalized spacial score (nSPS) is 19.7. The topological polar surface area (TPSA) is 61.4 Å². The van der Waals surface area contributed by atoms with Crippen molar-refractivity contribution in [3.63, 3.8) is 0 Å². The Labute approximate surface area is 127 Å². The first-order valence-electron chi connectivity index (χ1n) is 7.47. The van der Waals surface area contributed by atoms with Crippen LogP contribution in [0, 0.1) is 5.92 Å². The molecule has 5 nitrogen and oxygen atoms in total. The molecule has 0 saturated carbocycles. The second-order valence-corrected chi connectivity index (χ2v) is 7.89. The number of hydrogen-bond acceptors (Lipinski definition) is 4. The number of benzene rings is 1. The second-order valence-electron chi connectivity index (χ2n) is 5.74. The Bertz CT molecular complexity index is 535. The van der Waals surface area contributed by atoms with Gasteiger partial charge in [0.1, 0.15) is 0 Å². The Kier molecular flexibility index (Phi) is 5.61. The summed E-state index contributed by atoms with van der Waals surface area (Å²) in [5.41, 5.74) is 0.969. The van der Waals surface area contributed by atoms with Gasteiger partial charge in [-0.15, -0.1) is 0 Å². The van der Waals surface area contributed by atoms with Gasteiger partial charge in [0.15, 0.2) is 0 Å². The maximum absolute atomic E-state index is 12.0. The molecule has 2 rings (SSSR count). The Morgan fingerprint density at radius 2 is 2.00 bits per heavy atom. The summed E-state index contributed by atoms with van der Waals surface area (Å²) < 4.78 is 25.2. The lowest BCUT2D eigenvalue weighted by atomic mass is 9.96. The molecule has 1 saturated heterocycles. The molecule has 118 valence electrons. The highest BCUT2D eigenvalue weighted by molar-refractivity contribution is 7.89. The van der Waals surface area contributed by atoms with E-state index < -0.39 is 10.0 Å². The zero-order chi connectivity index (χ0) is 15.3. The molecule has 0 radical (unpaired) electrons. The van der Waals surface area contributed by atoms with Gasteiger partial charge < -0.3 is 10.6 Å². The molecule has 1 aromatic rings. The Hall–Kier alpha value is -1.11. The fraction of sp³-hybridized carbons (Fsp3) is 0.600. The summed E-state index contributed by atoms with van der Waals surface area (Å²) in [6, 6.07) is 6.96. The molecule has 1 aliphatic heterocycles. The third kappa shape index (κ3) is 4.43. The second kappa shape index (κ2) is 7.24. The Morgan fingerprint density at radius 1 is 1.29 bits per heavy atom. The number of piperidine rings is 1. The standard InChI is InChI=1S/C15H25N3O2S/c1-18(2)21(19,20)15-7-5-14(6-8-15)17-11-9-13-4-3-10-16-12-13/h5-8,13,16-17H,3-4,9-12H2,1-2H3. The van der Waals surface area contributed by atoms with Crippen LogP contribution in [0.4, 0.5) is 5.69 Å². The summed E-state index contributed by atoms with van der Waals surface area (Å²) in [6.07, 6.45) is 3.71. The van der Waals surface area contributed by atoms with Gasteiger partial charge >= 0.3 is 0 Å². The Balaban J connectivity index is 1.85. The van der Waals surface area contributed by atoms with Crippen molar-refractivity contribution in [3.8, 4) is 0 Å².